The molecule has 1 heterocycles. The first kappa shape index (κ1) is 17.5. The molecule has 0 saturated carbocycles. The van der Waals surface area contributed by atoms with Crippen molar-refractivity contribution in [2.45, 2.75) is 39.4 Å². The number of hydrogen-bond acceptors (Lipinski definition) is 5. The van der Waals surface area contributed by atoms with Gasteiger partial charge >= 0.3 is 6.18 Å². The van der Waals surface area contributed by atoms with Crippen molar-refractivity contribution in [3.05, 3.63) is 11.9 Å². The first-order chi connectivity index (χ1) is 9.77. The van der Waals surface area contributed by atoms with Crippen LogP contribution in [0.15, 0.2) is 6.07 Å². The SMILES string of the molecule is CCNc1cc(NC(CCO)C(C)C)nc(C(F)(F)F)n1. The summed E-state index contributed by atoms with van der Waals surface area (Å²) in [6.45, 7) is 6.02. The fraction of sp³-hybridized carbons (Fsp3) is 0.692. The van der Waals surface area contributed by atoms with Crippen LogP contribution in [0.4, 0.5) is 24.8 Å². The van der Waals surface area contributed by atoms with Gasteiger partial charge in [0, 0.05) is 25.3 Å². The maximum absolute atomic E-state index is 12.8. The zero-order valence-electron chi connectivity index (χ0n) is 12.3. The molecule has 1 unspecified atom stereocenters. The van der Waals surface area contributed by atoms with Gasteiger partial charge in [0.25, 0.3) is 0 Å². The summed E-state index contributed by atoms with van der Waals surface area (Å²) in [5.74, 6) is -0.826. The number of anilines is 2. The minimum absolute atomic E-state index is 0.0485. The lowest BCUT2D eigenvalue weighted by Crippen LogP contribution is -2.28. The first-order valence-electron chi connectivity index (χ1n) is 6.85. The van der Waals surface area contributed by atoms with E-state index in [-0.39, 0.29) is 30.2 Å². The summed E-state index contributed by atoms with van der Waals surface area (Å²) in [5.41, 5.74) is 0. The summed E-state index contributed by atoms with van der Waals surface area (Å²) < 4.78 is 38.4. The highest BCUT2D eigenvalue weighted by Gasteiger charge is 2.35. The van der Waals surface area contributed by atoms with E-state index in [1.807, 2.05) is 13.8 Å². The lowest BCUT2D eigenvalue weighted by atomic mass is 10.0. The van der Waals surface area contributed by atoms with Crippen LogP contribution in [0, 0.1) is 5.92 Å². The number of alkyl halides is 3. The lowest BCUT2D eigenvalue weighted by molar-refractivity contribution is -0.144. The average Bonchev–Trinajstić information content (AvgIpc) is 2.37. The van der Waals surface area contributed by atoms with Crippen LogP contribution in [0.2, 0.25) is 0 Å². The average molecular weight is 306 g/mol. The summed E-state index contributed by atoms with van der Waals surface area (Å²) >= 11 is 0. The van der Waals surface area contributed by atoms with Gasteiger partial charge in [0.05, 0.1) is 0 Å². The topological polar surface area (TPSA) is 70.1 Å². The summed E-state index contributed by atoms with van der Waals surface area (Å²) in [5, 5.41) is 14.7. The fourth-order valence-electron chi connectivity index (χ4n) is 1.82. The van der Waals surface area contributed by atoms with Crippen LogP contribution in [0.25, 0.3) is 0 Å². The zero-order chi connectivity index (χ0) is 16.0. The van der Waals surface area contributed by atoms with Gasteiger partial charge in [0.1, 0.15) is 11.6 Å². The molecule has 0 saturated heterocycles. The third-order valence-corrected chi connectivity index (χ3v) is 2.92. The molecule has 21 heavy (non-hydrogen) atoms. The standard InChI is InChI=1S/C13H21F3N4O/c1-4-17-10-7-11(18-9(5-6-21)8(2)3)20-12(19-10)13(14,15)16/h7-9,21H,4-6H2,1-3H3,(H2,17,18,19,20). The number of rotatable bonds is 7. The minimum Gasteiger partial charge on any atom is -0.396 e. The van der Waals surface area contributed by atoms with E-state index < -0.39 is 12.0 Å². The van der Waals surface area contributed by atoms with E-state index in [4.69, 9.17) is 5.11 Å². The van der Waals surface area contributed by atoms with Crippen molar-refractivity contribution >= 4 is 11.6 Å². The Kier molecular flexibility index (Phi) is 6.19. The first-order valence-corrected chi connectivity index (χ1v) is 6.85. The predicted molar refractivity (Wildman–Crippen MR) is 75.1 cm³/mol. The third kappa shape index (κ3) is 5.37. The molecule has 0 bridgehead atoms. The molecule has 3 N–H and O–H groups in total. The molecule has 0 spiro atoms. The van der Waals surface area contributed by atoms with Gasteiger partial charge < -0.3 is 15.7 Å². The second-order valence-corrected chi connectivity index (χ2v) is 5.00. The molecular formula is C13H21F3N4O. The molecule has 0 fully saturated rings. The molecule has 0 radical (unpaired) electrons. The minimum atomic E-state index is -4.60. The van der Waals surface area contributed by atoms with Crippen molar-refractivity contribution in [2.24, 2.45) is 5.92 Å². The normalized spacial score (nSPS) is 13.3. The lowest BCUT2D eigenvalue weighted by Gasteiger charge is -2.22. The molecule has 1 atom stereocenters. The van der Waals surface area contributed by atoms with Crippen molar-refractivity contribution in [3.8, 4) is 0 Å². The second kappa shape index (κ2) is 7.44. The van der Waals surface area contributed by atoms with Gasteiger partial charge in [-0.15, -0.1) is 0 Å². The molecule has 1 rings (SSSR count). The van der Waals surface area contributed by atoms with Crippen molar-refractivity contribution in [2.75, 3.05) is 23.8 Å². The maximum Gasteiger partial charge on any atom is 0.451 e. The van der Waals surface area contributed by atoms with Gasteiger partial charge in [-0.1, -0.05) is 13.8 Å². The molecule has 120 valence electrons. The van der Waals surface area contributed by atoms with Gasteiger partial charge in [-0.3, -0.25) is 0 Å². The Balaban J connectivity index is 3.07. The van der Waals surface area contributed by atoms with E-state index in [9.17, 15) is 13.2 Å². The van der Waals surface area contributed by atoms with Crippen molar-refractivity contribution in [1.82, 2.24) is 9.97 Å². The van der Waals surface area contributed by atoms with Crippen LogP contribution in [0.3, 0.4) is 0 Å². The van der Waals surface area contributed by atoms with E-state index in [1.165, 1.54) is 6.07 Å². The Morgan fingerprint density at radius 2 is 1.86 bits per heavy atom. The van der Waals surface area contributed by atoms with Crippen molar-refractivity contribution in [3.63, 3.8) is 0 Å². The van der Waals surface area contributed by atoms with E-state index in [2.05, 4.69) is 20.6 Å². The Morgan fingerprint density at radius 3 is 2.33 bits per heavy atom. The number of aromatic nitrogens is 2. The van der Waals surface area contributed by atoms with Gasteiger partial charge in [-0.25, -0.2) is 9.97 Å². The fourth-order valence-corrected chi connectivity index (χ4v) is 1.82. The van der Waals surface area contributed by atoms with Crippen molar-refractivity contribution < 1.29 is 18.3 Å². The molecule has 1 aromatic heterocycles. The zero-order valence-corrected chi connectivity index (χ0v) is 12.3. The number of halogens is 3. The van der Waals surface area contributed by atoms with Crippen molar-refractivity contribution in [1.29, 1.82) is 0 Å². The van der Waals surface area contributed by atoms with Crippen LogP contribution < -0.4 is 10.6 Å². The monoisotopic (exact) mass is 306 g/mol. The highest BCUT2D eigenvalue weighted by atomic mass is 19.4. The Labute approximate surface area is 122 Å². The molecule has 0 aliphatic rings. The number of aliphatic hydroxyl groups excluding tert-OH is 1. The van der Waals surface area contributed by atoms with E-state index in [1.54, 1.807) is 6.92 Å². The van der Waals surface area contributed by atoms with E-state index >= 15 is 0 Å². The third-order valence-electron chi connectivity index (χ3n) is 2.92. The van der Waals surface area contributed by atoms with Gasteiger partial charge in [-0.05, 0) is 19.3 Å². The van der Waals surface area contributed by atoms with Gasteiger partial charge in [-0.2, -0.15) is 13.2 Å². The smallest absolute Gasteiger partial charge is 0.396 e. The van der Waals surface area contributed by atoms with Gasteiger partial charge in [0.2, 0.25) is 5.82 Å². The van der Waals surface area contributed by atoms with Crippen LogP contribution >= 0.6 is 0 Å². The largest absolute Gasteiger partial charge is 0.451 e. The number of nitrogens with zero attached hydrogens (tertiary/aromatic N) is 2. The number of aliphatic hydroxyl groups is 1. The molecule has 0 aliphatic carbocycles. The van der Waals surface area contributed by atoms with Crippen LogP contribution in [-0.2, 0) is 6.18 Å². The van der Waals surface area contributed by atoms with Crippen LogP contribution in [0.5, 0.6) is 0 Å². The second-order valence-electron chi connectivity index (χ2n) is 5.00. The van der Waals surface area contributed by atoms with E-state index in [0.717, 1.165) is 0 Å². The Bertz CT molecular complexity index is 452. The van der Waals surface area contributed by atoms with E-state index in [0.29, 0.717) is 13.0 Å². The number of nitrogens with one attached hydrogen (secondary N) is 2. The van der Waals surface area contributed by atoms with Crippen LogP contribution in [0.1, 0.15) is 33.0 Å². The summed E-state index contributed by atoms with van der Waals surface area (Å²) in [4.78, 5) is 6.98. The molecule has 0 amide bonds. The maximum atomic E-state index is 12.8. The summed E-state index contributed by atoms with van der Waals surface area (Å²) in [6, 6.07) is 1.27. The Morgan fingerprint density at radius 1 is 1.24 bits per heavy atom. The molecule has 0 aromatic carbocycles. The number of hydrogen-bond donors (Lipinski definition) is 3. The molecule has 5 nitrogen and oxygen atoms in total. The molecule has 0 aliphatic heterocycles. The predicted octanol–water partition coefficient (Wildman–Crippen LogP) is 2.75. The quantitative estimate of drug-likeness (QED) is 0.722. The van der Waals surface area contributed by atoms with Crippen LogP contribution in [-0.4, -0.2) is 34.3 Å². The summed E-state index contributed by atoms with van der Waals surface area (Å²) in [6.07, 6.45) is -4.17. The highest BCUT2D eigenvalue weighted by Crippen LogP contribution is 2.28. The highest BCUT2D eigenvalue weighted by molar-refractivity contribution is 5.48. The molecular weight excluding hydrogens is 285 g/mol. The molecule has 1 aromatic rings. The Hall–Kier alpha value is -1.57. The molecule has 8 heteroatoms. The summed E-state index contributed by atoms with van der Waals surface area (Å²) in [7, 11) is 0. The van der Waals surface area contributed by atoms with Gasteiger partial charge in [0.15, 0.2) is 0 Å².